The van der Waals surface area contributed by atoms with Gasteiger partial charge in [0.2, 0.25) is 5.91 Å². The average Bonchev–Trinajstić information content (AvgIpc) is 2.95. The van der Waals surface area contributed by atoms with Crippen LogP contribution in [0.1, 0.15) is 31.0 Å². The van der Waals surface area contributed by atoms with Gasteiger partial charge in [0.05, 0.1) is 5.69 Å². The van der Waals surface area contributed by atoms with Crippen LogP contribution in [0.3, 0.4) is 0 Å². The van der Waals surface area contributed by atoms with Gasteiger partial charge in [-0.3, -0.25) is 9.78 Å². The van der Waals surface area contributed by atoms with Gasteiger partial charge in [-0.05, 0) is 43.7 Å². The minimum atomic E-state index is 0.192. The number of hydrogen-bond donors (Lipinski definition) is 0. The van der Waals surface area contributed by atoms with Crippen LogP contribution < -0.4 is 0 Å². The van der Waals surface area contributed by atoms with Crippen molar-refractivity contribution >= 4 is 17.2 Å². The summed E-state index contributed by atoms with van der Waals surface area (Å²) in [6.07, 6.45) is 5.25. The van der Waals surface area contributed by atoms with Crippen LogP contribution in [0.5, 0.6) is 0 Å². The molecule has 116 valence electrons. The van der Waals surface area contributed by atoms with Crippen LogP contribution in [-0.2, 0) is 11.2 Å². The molecule has 3 rings (SSSR count). The molecule has 22 heavy (non-hydrogen) atoms. The van der Waals surface area contributed by atoms with Gasteiger partial charge in [0.15, 0.2) is 0 Å². The van der Waals surface area contributed by atoms with E-state index in [1.54, 1.807) is 18.3 Å². The fourth-order valence-electron chi connectivity index (χ4n) is 2.99. The first kappa shape index (κ1) is 15.2. The van der Waals surface area contributed by atoms with Gasteiger partial charge >= 0.3 is 0 Å². The van der Waals surface area contributed by atoms with E-state index in [-0.39, 0.29) is 5.91 Å². The Morgan fingerprint density at radius 3 is 2.95 bits per heavy atom. The quantitative estimate of drug-likeness (QED) is 0.873. The lowest BCUT2D eigenvalue weighted by Gasteiger charge is -2.32. The summed E-state index contributed by atoms with van der Waals surface area (Å²) in [6.45, 7) is 5.45. The van der Waals surface area contributed by atoms with Crippen LogP contribution in [0.25, 0.3) is 10.7 Å². The zero-order chi connectivity index (χ0) is 15.5. The Morgan fingerprint density at radius 1 is 1.45 bits per heavy atom. The van der Waals surface area contributed by atoms with E-state index in [0.717, 1.165) is 42.3 Å². The molecule has 1 fully saturated rings. The van der Waals surface area contributed by atoms with Crippen molar-refractivity contribution in [1.29, 1.82) is 0 Å². The fourth-order valence-corrected chi connectivity index (χ4v) is 3.77. The van der Waals surface area contributed by atoms with Gasteiger partial charge in [-0.2, -0.15) is 0 Å². The van der Waals surface area contributed by atoms with Crippen LogP contribution in [0.2, 0.25) is 0 Å². The molecule has 1 aliphatic heterocycles. The highest BCUT2D eigenvalue weighted by atomic mass is 32.1. The number of pyridine rings is 1. The number of rotatable bonds is 3. The Kier molecular flexibility index (Phi) is 4.52. The second kappa shape index (κ2) is 6.57. The summed E-state index contributed by atoms with van der Waals surface area (Å²) in [7, 11) is 0. The summed E-state index contributed by atoms with van der Waals surface area (Å²) in [5.41, 5.74) is 3.22. The third kappa shape index (κ3) is 3.53. The monoisotopic (exact) mass is 315 g/mol. The normalized spacial score (nSPS) is 18.5. The predicted octanol–water partition coefficient (Wildman–Crippen LogP) is 3.31. The molecule has 2 aromatic rings. The summed E-state index contributed by atoms with van der Waals surface area (Å²) in [4.78, 5) is 22.5. The van der Waals surface area contributed by atoms with E-state index in [2.05, 4.69) is 22.1 Å². The van der Waals surface area contributed by atoms with Gasteiger partial charge in [-0.25, -0.2) is 4.98 Å². The number of likely N-dealkylation sites (tertiary alicyclic amines) is 1. The number of carbonyl (C=O) groups is 1. The molecule has 5 heteroatoms. The lowest BCUT2D eigenvalue weighted by molar-refractivity contribution is -0.130. The molecule has 0 spiro atoms. The Hall–Kier alpha value is -1.75. The van der Waals surface area contributed by atoms with E-state index in [4.69, 9.17) is 0 Å². The number of amides is 1. The topological polar surface area (TPSA) is 46.1 Å². The molecular weight excluding hydrogens is 294 g/mol. The lowest BCUT2D eigenvalue weighted by Crippen LogP contribution is -2.39. The van der Waals surface area contributed by atoms with Crippen LogP contribution in [0.15, 0.2) is 23.7 Å². The van der Waals surface area contributed by atoms with E-state index >= 15 is 0 Å². The van der Waals surface area contributed by atoms with E-state index in [1.165, 1.54) is 12.0 Å². The van der Waals surface area contributed by atoms with Crippen LogP contribution >= 0.6 is 11.3 Å². The highest BCUT2D eigenvalue weighted by Gasteiger charge is 2.21. The Balaban J connectivity index is 1.65. The van der Waals surface area contributed by atoms with E-state index in [0.29, 0.717) is 5.92 Å². The Morgan fingerprint density at radius 2 is 2.32 bits per heavy atom. The molecule has 1 saturated heterocycles. The van der Waals surface area contributed by atoms with Crippen molar-refractivity contribution in [1.82, 2.24) is 14.9 Å². The van der Waals surface area contributed by atoms with Crippen molar-refractivity contribution < 1.29 is 4.79 Å². The van der Waals surface area contributed by atoms with Gasteiger partial charge in [0.25, 0.3) is 0 Å². The molecule has 0 radical (unpaired) electrons. The molecule has 0 bridgehead atoms. The molecule has 2 aromatic heterocycles. The maximum Gasteiger partial charge on any atom is 0.219 e. The van der Waals surface area contributed by atoms with Crippen molar-refractivity contribution in [3.05, 3.63) is 35.0 Å². The molecule has 3 heterocycles. The summed E-state index contributed by atoms with van der Waals surface area (Å²) in [5.74, 6) is 0.740. The van der Waals surface area contributed by atoms with E-state index in [1.807, 2.05) is 23.4 Å². The molecule has 0 aromatic carbocycles. The van der Waals surface area contributed by atoms with Crippen LogP contribution in [0, 0.1) is 12.8 Å². The molecule has 1 unspecified atom stereocenters. The van der Waals surface area contributed by atoms with Crippen molar-refractivity contribution in [2.45, 2.75) is 33.1 Å². The minimum Gasteiger partial charge on any atom is -0.343 e. The number of piperidine rings is 1. The number of aromatic nitrogens is 2. The maximum absolute atomic E-state index is 11.5. The van der Waals surface area contributed by atoms with Gasteiger partial charge in [-0.1, -0.05) is 6.07 Å². The molecule has 1 atom stereocenters. The first-order chi connectivity index (χ1) is 10.6. The highest BCUT2D eigenvalue weighted by molar-refractivity contribution is 7.13. The SMILES string of the molecule is CC(=O)N1CCCC(Cc2ccc(-c3nc(C)cs3)nc2)C1. The largest absolute Gasteiger partial charge is 0.343 e. The first-order valence-corrected chi connectivity index (χ1v) is 8.63. The molecule has 0 saturated carbocycles. The van der Waals surface area contributed by atoms with Crippen LogP contribution in [0.4, 0.5) is 0 Å². The molecule has 0 aliphatic carbocycles. The van der Waals surface area contributed by atoms with E-state index in [9.17, 15) is 4.79 Å². The average molecular weight is 315 g/mol. The number of hydrogen-bond acceptors (Lipinski definition) is 4. The van der Waals surface area contributed by atoms with Crippen molar-refractivity contribution in [2.75, 3.05) is 13.1 Å². The second-order valence-electron chi connectivity index (χ2n) is 6.02. The van der Waals surface area contributed by atoms with Gasteiger partial charge < -0.3 is 4.90 Å². The van der Waals surface area contributed by atoms with Crippen LogP contribution in [-0.4, -0.2) is 33.9 Å². The van der Waals surface area contributed by atoms with Crippen molar-refractivity contribution in [3.63, 3.8) is 0 Å². The maximum atomic E-state index is 11.5. The lowest BCUT2D eigenvalue weighted by atomic mass is 9.92. The third-order valence-electron chi connectivity index (χ3n) is 4.15. The summed E-state index contributed by atoms with van der Waals surface area (Å²) in [5, 5.41) is 3.02. The predicted molar refractivity (Wildman–Crippen MR) is 88.8 cm³/mol. The summed E-state index contributed by atoms with van der Waals surface area (Å²) >= 11 is 1.63. The first-order valence-electron chi connectivity index (χ1n) is 7.75. The van der Waals surface area contributed by atoms with Gasteiger partial charge in [-0.15, -0.1) is 11.3 Å². The Bertz CT molecular complexity index is 650. The Labute approximate surface area is 135 Å². The van der Waals surface area contributed by atoms with Gasteiger partial charge in [0, 0.05) is 37.3 Å². The fraction of sp³-hybridized carbons (Fsp3) is 0.471. The zero-order valence-electron chi connectivity index (χ0n) is 13.1. The number of thiazole rings is 1. The molecule has 4 nitrogen and oxygen atoms in total. The zero-order valence-corrected chi connectivity index (χ0v) is 13.9. The third-order valence-corrected chi connectivity index (χ3v) is 5.13. The second-order valence-corrected chi connectivity index (χ2v) is 6.88. The van der Waals surface area contributed by atoms with E-state index < -0.39 is 0 Å². The highest BCUT2D eigenvalue weighted by Crippen LogP contribution is 2.24. The summed E-state index contributed by atoms with van der Waals surface area (Å²) in [6, 6.07) is 4.20. The van der Waals surface area contributed by atoms with Crippen molar-refractivity contribution in [3.8, 4) is 10.7 Å². The number of nitrogens with zero attached hydrogens (tertiary/aromatic N) is 3. The smallest absolute Gasteiger partial charge is 0.219 e. The molecular formula is C17H21N3OS. The van der Waals surface area contributed by atoms with Gasteiger partial charge in [0.1, 0.15) is 5.01 Å². The molecule has 0 N–H and O–H groups in total. The molecule has 1 amide bonds. The number of aryl methyl sites for hydroxylation is 1. The number of carbonyl (C=O) groups excluding carboxylic acids is 1. The standard InChI is InChI=1S/C17H21N3OS/c1-12-11-22-17(19-12)16-6-5-14(9-18-16)8-15-4-3-7-20(10-15)13(2)21/h5-6,9,11,15H,3-4,7-8,10H2,1-2H3. The summed E-state index contributed by atoms with van der Waals surface area (Å²) < 4.78 is 0. The minimum absolute atomic E-state index is 0.192. The molecule has 1 aliphatic rings. The van der Waals surface area contributed by atoms with Crippen molar-refractivity contribution in [2.24, 2.45) is 5.92 Å².